The summed E-state index contributed by atoms with van der Waals surface area (Å²) in [5, 5.41) is 5.38. The number of amides is 2. The minimum Gasteiger partial charge on any atom is -0.494 e. The number of nitrogens with one attached hydrogen (secondary N) is 3. The highest BCUT2D eigenvalue weighted by Crippen LogP contribution is 2.21. The lowest BCUT2D eigenvalue weighted by molar-refractivity contribution is -0.122. The molecule has 0 radical (unpaired) electrons. The van der Waals surface area contributed by atoms with E-state index >= 15 is 0 Å². The molecule has 10 heteroatoms. The van der Waals surface area contributed by atoms with Crippen LogP contribution >= 0.6 is 0 Å². The molecule has 184 valence electrons. The Bertz CT molecular complexity index is 1260. The van der Waals surface area contributed by atoms with Gasteiger partial charge in [0.2, 0.25) is 0 Å². The second-order valence-electron chi connectivity index (χ2n) is 7.31. The number of anilines is 2. The fraction of sp³-hybridized carbons (Fsp3) is 0.200. The van der Waals surface area contributed by atoms with Crippen molar-refractivity contribution in [2.24, 2.45) is 0 Å². The zero-order valence-electron chi connectivity index (χ0n) is 19.4. The summed E-state index contributed by atoms with van der Waals surface area (Å²) in [6.45, 7) is 4.57. The first-order chi connectivity index (χ1) is 16.8. The molecule has 3 aromatic rings. The third-order valence-corrected chi connectivity index (χ3v) is 6.08. The predicted molar refractivity (Wildman–Crippen MR) is 133 cm³/mol. The van der Waals surface area contributed by atoms with E-state index in [1.807, 2.05) is 13.8 Å². The van der Waals surface area contributed by atoms with Crippen molar-refractivity contribution >= 4 is 33.2 Å². The second-order valence-corrected chi connectivity index (χ2v) is 8.99. The van der Waals surface area contributed by atoms with Gasteiger partial charge in [0.15, 0.2) is 6.61 Å². The van der Waals surface area contributed by atoms with Crippen molar-refractivity contribution in [2.75, 3.05) is 29.8 Å². The summed E-state index contributed by atoms with van der Waals surface area (Å²) in [7, 11) is -3.85. The minimum atomic E-state index is -3.85. The molecule has 0 aliphatic rings. The Balaban J connectivity index is 1.63. The topological polar surface area (TPSA) is 123 Å². The van der Waals surface area contributed by atoms with Crippen LogP contribution in [0.1, 0.15) is 24.2 Å². The molecule has 3 rings (SSSR count). The second kappa shape index (κ2) is 11.9. The Hall–Kier alpha value is -4.05. The van der Waals surface area contributed by atoms with Crippen molar-refractivity contribution in [1.82, 2.24) is 5.32 Å². The van der Waals surface area contributed by atoms with Crippen LogP contribution in [0.3, 0.4) is 0 Å². The highest BCUT2D eigenvalue weighted by molar-refractivity contribution is 7.92. The average molecular weight is 498 g/mol. The monoisotopic (exact) mass is 497 g/mol. The SMILES string of the molecule is CCNC(=O)COc1ccc(NC(=O)c2cccc(NS(=O)(=O)c3ccc(OCC)cc3)c2)cc1. The van der Waals surface area contributed by atoms with Crippen molar-refractivity contribution in [3.8, 4) is 11.5 Å². The van der Waals surface area contributed by atoms with Crippen LogP contribution in [0.25, 0.3) is 0 Å². The van der Waals surface area contributed by atoms with Crippen LogP contribution in [0.15, 0.2) is 77.7 Å². The number of likely N-dealkylation sites (N-methyl/N-ethyl adjacent to an activating group) is 1. The first kappa shape index (κ1) is 25.6. The first-order valence-corrected chi connectivity index (χ1v) is 12.5. The zero-order chi connectivity index (χ0) is 25.3. The summed E-state index contributed by atoms with van der Waals surface area (Å²) in [6, 6.07) is 18.8. The quantitative estimate of drug-likeness (QED) is 0.372. The number of carbonyl (C=O) groups is 2. The van der Waals surface area contributed by atoms with Gasteiger partial charge in [-0.3, -0.25) is 14.3 Å². The Morgan fingerprint density at radius 2 is 1.49 bits per heavy atom. The largest absolute Gasteiger partial charge is 0.494 e. The molecule has 0 saturated heterocycles. The molecule has 0 aliphatic carbocycles. The number of rotatable bonds is 11. The maximum absolute atomic E-state index is 12.7. The highest BCUT2D eigenvalue weighted by Gasteiger charge is 2.15. The van der Waals surface area contributed by atoms with Gasteiger partial charge in [0, 0.05) is 23.5 Å². The maximum atomic E-state index is 12.7. The molecular formula is C25H27N3O6S. The molecule has 3 N–H and O–H groups in total. The lowest BCUT2D eigenvalue weighted by atomic mass is 10.2. The smallest absolute Gasteiger partial charge is 0.261 e. The Morgan fingerprint density at radius 3 is 2.14 bits per heavy atom. The van der Waals surface area contributed by atoms with Crippen LogP contribution < -0.4 is 24.8 Å². The van der Waals surface area contributed by atoms with Gasteiger partial charge >= 0.3 is 0 Å². The van der Waals surface area contributed by atoms with Crippen molar-refractivity contribution in [3.05, 3.63) is 78.4 Å². The molecule has 0 aromatic heterocycles. The summed E-state index contributed by atoms with van der Waals surface area (Å²) in [5.74, 6) is 0.428. The number of sulfonamides is 1. The molecule has 3 aromatic carbocycles. The molecule has 0 fully saturated rings. The summed E-state index contributed by atoms with van der Waals surface area (Å²) in [4.78, 5) is 24.2. The zero-order valence-corrected chi connectivity index (χ0v) is 20.2. The van der Waals surface area contributed by atoms with Gasteiger partial charge in [0.25, 0.3) is 21.8 Å². The van der Waals surface area contributed by atoms with Gasteiger partial charge in [-0.05, 0) is 80.6 Å². The standard InChI is InChI=1S/C25H27N3O6S/c1-3-26-24(29)17-34-22-10-8-19(9-11-22)27-25(30)18-6-5-7-20(16-18)28-35(31,32)23-14-12-21(13-15-23)33-4-2/h5-16,28H,3-4,17H2,1-2H3,(H,26,29)(H,27,30). The number of benzene rings is 3. The number of hydrogen-bond acceptors (Lipinski definition) is 6. The third kappa shape index (κ3) is 7.47. The van der Waals surface area contributed by atoms with Gasteiger partial charge in [0.05, 0.1) is 11.5 Å². The number of carbonyl (C=O) groups excluding carboxylic acids is 2. The van der Waals surface area contributed by atoms with Crippen LogP contribution in [0.2, 0.25) is 0 Å². The fourth-order valence-corrected chi connectivity index (χ4v) is 4.10. The van der Waals surface area contributed by atoms with E-state index in [2.05, 4.69) is 15.4 Å². The number of ether oxygens (including phenoxy) is 2. The first-order valence-electron chi connectivity index (χ1n) is 11.0. The van der Waals surface area contributed by atoms with Gasteiger partial charge in [0.1, 0.15) is 11.5 Å². The van der Waals surface area contributed by atoms with E-state index < -0.39 is 15.9 Å². The van der Waals surface area contributed by atoms with E-state index in [1.54, 1.807) is 54.6 Å². The lowest BCUT2D eigenvalue weighted by Crippen LogP contribution is -2.28. The molecule has 0 spiro atoms. The van der Waals surface area contributed by atoms with Gasteiger partial charge < -0.3 is 20.1 Å². The van der Waals surface area contributed by atoms with Gasteiger partial charge in [-0.15, -0.1) is 0 Å². The van der Waals surface area contributed by atoms with Crippen LogP contribution in [0.5, 0.6) is 11.5 Å². The Labute approximate surface area is 204 Å². The lowest BCUT2D eigenvalue weighted by Gasteiger charge is -2.11. The molecule has 0 bridgehead atoms. The van der Waals surface area contributed by atoms with Crippen LogP contribution in [-0.2, 0) is 14.8 Å². The highest BCUT2D eigenvalue weighted by atomic mass is 32.2. The van der Waals surface area contributed by atoms with Crippen molar-refractivity contribution in [2.45, 2.75) is 18.7 Å². The number of hydrogen-bond donors (Lipinski definition) is 3. The van der Waals surface area contributed by atoms with Crippen LogP contribution in [0.4, 0.5) is 11.4 Å². The Kier molecular flexibility index (Phi) is 8.69. The van der Waals surface area contributed by atoms with E-state index in [1.165, 1.54) is 18.2 Å². The van der Waals surface area contributed by atoms with E-state index in [0.717, 1.165) is 0 Å². The molecule has 9 nitrogen and oxygen atoms in total. The molecule has 0 atom stereocenters. The van der Waals surface area contributed by atoms with Gasteiger partial charge in [-0.25, -0.2) is 8.42 Å². The summed E-state index contributed by atoms with van der Waals surface area (Å²) in [5.41, 5.74) is 1.04. The van der Waals surface area contributed by atoms with E-state index in [9.17, 15) is 18.0 Å². The molecule has 35 heavy (non-hydrogen) atoms. The molecule has 0 unspecified atom stereocenters. The van der Waals surface area contributed by atoms with Gasteiger partial charge in [-0.1, -0.05) is 6.07 Å². The molecule has 2 amide bonds. The molecule has 0 saturated carbocycles. The Morgan fingerprint density at radius 1 is 0.829 bits per heavy atom. The van der Waals surface area contributed by atoms with Crippen LogP contribution in [0, 0.1) is 0 Å². The summed E-state index contributed by atoms with van der Waals surface area (Å²) in [6.07, 6.45) is 0. The van der Waals surface area contributed by atoms with Crippen molar-refractivity contribution in [1.29, 1.82) is 0 Å². The van der Waals surface area contributed by atoms with E-state index in [-0.39, 0.29) is 28.7 Å². The normalized spacial score (nSPS) is 10.8. The van der Waals surface area contributed by atoms with Crippen molar-refractivity contribution < 1.29 is 27.5 Å². The van der Waals surface area contributed by atoms with Gasteiger partial charge in [-0.2, -0.15) is 0 Å². The molecule has 0 aliphatic heterocycles. The van der Waals surface area contributed by atoms with Crippen LogP contribution in [-0.4, -0.2) is 40.0 Å². The third-order valence-electron chi connectivity index (χ3n) is 4.68. The van der Waals surface area contributed by atoms with E-state index in [4.69, 9.17) is 9.47 Å². The summed E-state index contributed by atoms with van der Waals surface area (Å²) < 4.78 is 38.6. The summed E-state index contributed by atoms with van der Waals surface area (Å²) >= 11 is 0. The maximum Gasteiger partial charge on any atom is 0.261 e. The van der Waals surface area contributed by atoms with E-state index in [0.29, 0.717) is 30.3 Å². The average Bonchev–Trinajstić information content (AvgIpc) is 2.84. The van der Waals surface area contributed by atoms with Crippen molar-refractivity contribution in [3.63, 3.8) is 0 Å². The fourth-order valence-electron chi connectivity index (χ4n) is 3.05. The predicted octanol–water partition coefficient (Wildman–Crippen LogP) is 3.65. The molecular weight excluding hydrogens is 470 g/mol. The minimum absolute atomic E-state index is 0.0743. The molecule has 0 heterocycles.